The summed E-state index contributed by atoms with van der Waals surface area (Å²) in [6.07, 6.45) is 3.15. The minimum atomic E-state index is -0.228. The summed E-state index contributed by atoms with van der Waals surface area (Å²) in [5.41, 5.74) is 6.23. The van der Waals surface area contributed by atoms with Gasteiger partial charge in [0.15, 0.2) is 5.13 Å². The normalized spacial score (nSPS) is 12.1. The van der Waals surface area contributed by atoms with Gasteiger partial charge in [0.05, 0.1) is 0 Å². The summed E-state index contributed by atoms with van der Waals surface area (Å²) in [4.78, 5) is 16.7. The van der Waals surface area contributed by atoms with Crippen molar-refractivity contribution < 1.29 is 9.18 Å². The molecular formula is C15H18FN3OS. The molecule has 0 radical (unpaired) electrons. The molecule has 0 aliphatic heterocycles. The first-order valence-corrected chi connectivity index (χ1v) is 7.60. The van der Waals surface area contributed by atoms with E-state index in [0.717, 1.165) is 4.88 Å². The quantitative estimate of drug-likeness (QED) is 0.862. The second kappa shape index (κ2) is 7.28. The van der Waals surface area contributed by atoms with E-state index in [9.17, 15) is 9.18 Å². The predicted octanol–water partition coefficient (Wildman–Crippen LogP) is 2.94. The number of nitrogens with one attached hydrogen (secondary N) is 1. The number of nitrogens with two attached hydrogens (primary N) is 1. The van der Waals surface area contributed by atoms with Gasteiger partial charge in [0.25, 0.3) is 0 Å². The number of carbonyl (C=O) groups excluding carboxylic acids is 1. The van der Waals surface area contributed by atoms with Crippen LogP contribution >= 0.6 is 11.3 Å². The smallest absolute Gasteiger partial charge is 0.226 e. The molecule has 112 valence electrons. The number of carbonyl (C=O) groups is 1. The average Bonchev–Trinajstić information content (AvgIpc) is 2.86. The van der Waals surface area contributed by atoms with Crippen molar-refractivity contribution in [1.82, 2.24) is 4.98 Å². The van der Waals surface area contributed by atoms with E-state index < -0.39 is 0 Å². The van der Waals surface area contributed by atoms with Crippen molar-refractivity contribution >= 4 is 22.4 Å². The molecule has 2 rings (SSSR count). The maximum atomic E-state index is 13.6. The first-order valence-electron chi connectivity index (χ1n) is 6.78. The number of amides is 1. The number of hydrogen-bond donors (Lipinski definition) is 2. The maximum Gasteiger partial charge on any atom is 0.226 e. The Morgan fingerprint density at radius 3 is 2.95 bits per heavy atom. The van der Waals surface area contributed by atoms with Gasteiger partial charge in [-0.25, -0.2) is 9.37 Å². The third kappa shape index (κ3) is 4.91. The molecule has 21 heavy (non-hydrogen) atoms. The summed E-state index contributed by atoms with van der Waals surface area (Å²) >= 11 is 1.36. The van der Waals surface area contributed by atoms with Gasteiger partial charge in [-0.1, -0.05) is 18.2 Å². The Bertz CT molecular complexity index is 612. The largest absolute Gasteiger partial charge is 0.328 e. The van der Waals surface area contributed by atoms with Gasteiger partial charge in [-0.3, -0.25) is 4.79 Å². The lowest BCUT2D eigenvalue weighted by molar-refractivity contribution is -0.116. The van der Waals surface area contributed by atoms with E-state index in [1.807, 2.05) is 6.92 Å². The Morgan fingerprint density at radius 2 is 2.24 bits per heavy atom. The van der Waals surface area contributed by atoms with Gasteiger partial charge in [-0.15, -0.1) is 11.3 Å². The van der Waals surface area contributed by atoms with Gasteiger partial charge in [-0.2, -0.15) is 0 Å². The number of halogens is 1. The molecule has 0 saturated carbocycles. The Balaban J connectivity index is 1.92. The number of aromatic nitrogens is 1. The van der Waals surface area contributed by atoms with Crippen LogP contribution in [0.1, 0.15) is 30.2 Å². The van der Waals surface area contributed by atoms with Gasteiger partial charge >= 0.3 is 0 Å². The molecule has 1 heterocycles. The Morgan fingerprint density at radius 1 is 1.48 bits per heavy atom. The molecule has 1 atom stereocenters. The summed E-state index contributed by atoms with van der Waals surface area (Å²) in [5, 5.41) is 3.28. The SMILES string of the molecule is CC(N)CCC(=O)Nc1ncc(Cc2ccccc2F)s1. The number of thiazole rings is 1. The number of benzene rings is 1. The number of rotatable bonds is 6. The number of anilines is 1. The van der Waals surface area contributed by atoms with Crippen LogP contribution in [0.3, 0.4) is 0 Å². The fraction of sp³-hybridized carbons (Fsp3) is 0.333. The van der Waals surface area contributed by atoms with Gasteiger partial charge in [0.2, 0.25) is 5.91 Å². The van der Waals surface area contributed by atoms with Crippen molar-refractivity contribution in [2.75, 3.05) is 5.32 Å². The summed E-state index contributed by atoms with van der Waals surface area (Å²) in [6.45, 7) is 1.86. The molecule has 1 amide bonds. The van der Waals surface area contributed by atoms with Crippen LogP contribution in [0.25, 0.3) is 0 Å². The highest BCUT2D eigenvalue weighted by Gasteiger charge is 2.09. The van der Waals surface area contributed by atoms with Crippen molar-refractivity contribution in [3.63, 3.8) is 0 Å². The van der Waals surface area contributed by atoms with Gasteiger partial charge < -0.3 is 11.1 Å². The zero-order valence-corrected chi connectivity index (χ0v) is 12.6. The fourth-order valence-electron chi connectivity index (χ4n) is 1.82. The molecular weight excluding hydrogens is 289 g/mol. The molecule has 0 spiro atoms. The van der Waals surface area contributed by atoms with Crippen molar-refractivity contribution in [3.05, 3.63) is 46.7 Å². The summed E-state index contributed by atoms with van der Waals surface area (Å²) in [5.74, 6) is -0.326. The van der Waals surface area contributed by atoms with Crippen LogP contribution in [0.2, 0.25) is 0 Å². The first kappa shape index (κ1) is 15.6. The molecule has 0 aliphatic carbocycles. The molecule has 1 aromatic carbocycles. The molecule has 2 aromatic rings. The van der Waals surface area contributed by atoms with Crippen LogP contribution < -0.4 is 11.1 Å². The fourth-order valence-corrected chi connectivity index (χ4v) is 2.67. The Hall–Kier alpha value is -1.79. The topological polar surface area (TPSA) is 68.0 Å². The third-order valence-electron chi connectivity index (χ3n) is 2.95. The van der Waals surface area contributed by atoms with Crippen molar-refractivity contribution in [3.8, 4) is 0 Å². The zero-order chi connectivity index (χ0) is 15.2. The van der Waals surface area contributed by atoms with Crippen LogP contribution in [0.5, 0.6) is 0 Å². The summed E-state index contributed by atoms with van der Waals surface area (Å²) in [7, 11) is 0. The molecule has 0 fully saturated rings. The van der Waals surface area contributed by atoms with E-state index in [4.69, 9.17) is 5.73 Å². The van der Waals surface area contributed by atoms with Crippen molar-refractivity contribution in [2.24, 2.45) is 5.73 Å². The zero-order valence-electron chi connectivity index (χ0n) is 11.8. The van der Waals surface area contributed by atoms with E-state index in [1.54, 1.807) is 24.4 Å². The van der Waals surface area contributed by atoms with Crippen LogP contribution in [0, 0.1) is 5.82 Å². The van der Waals surface area contributed by atoms with Crippen LogP contribution in [-0.4, -0.2) is 16.9 Å². The number of nitrogens with zero attached hydrogens (tertiary/aromatic N) is 1. The molecule has 1 aromatic heterocycles. The predicted molar refractivity (Wildman–Crippen MR) is 82.8 cm³/mol. The van der Waals surface area contributed by atoms with Gasteiger partial charge in [0, 0.05) is 30.0 Å². The van der Waals surface area contributed by atoms with E-state index in [0.29, 0.717) is 30.0 Å². The lowest BCUT2D eigenvalue weighted by atomic mass is 10.1. The Labute approximate surface area is 127 Å². The first-order chi connectivity index (χ1) is 10.0. The third-order valence-corrected chi connectivity index (χ3v) is 3.86. The van der Waals surface area contributed by atoms with Gasteiger partial charge in [-0.05, 0) is 25.0 Å². The van der Waals surface area contributed by atoms with Crippen molar-refractivity contribution in [2.45, 2.75) is 32.2 Å². The molecule has 0 saturated heterocycles. The molecule has 6 heteroatoms. The average molecular weight is 307 g/mol. The minimum Gasteiger partial charge on any atom is -0.328 e. The molecule has 3 N–H and O–H groups in total. The van der Waals surface area contributed by atoms with E-state index in [2.05, 4.69) is 10.3 Å². The summed E-state index contributed by atoms with van der Waals surface area (Å²) in [6, 6.07) is 6.65. The van der Waals surface area contributed by atoms with Gasteiger partial charge in [0.1, 0.15) is 5.82 Å². The maximum absolute atomic E-state index is 13.6. The lowest BCUT2D eigenvalue weighted by Gasteiger charge is -2.04. The minimum absolute atomic E-state index is 0.00339. The highest BCUT2D eigenvalue weighted by atomic mass is 32.1. The van der Waals surface area contributed by atoms with Crippen LogP contribution in [0.4, 0.5) is 9.52 Å². The second-order valence-corrected chi connectivity index (χ2v) is 6.08. The van der Waals surface area contributed by atoms with Crippen LogP contribution in [-0.2, 0) is 11.2 Å². The Kier molecular flexibility index (Phi) is 5.41. The van der Waals surface area contributed by atoms with E-state index in [1.165, 1.54) is 17.4 Å². The molecule has 4 nitrogen and oxygen atoms in total. The van der Waals surface area contributed by atoms with E-state index >= 15 is 0 Å². The second-order valence-electron chi connectivity index (χ2n) is 4.96. The monoisotopic (exact) mass is 307 g/mol. The van der Waals surface area contributed by atoms with Crippen LogP contribution in [0.15, 0.2) is 30.5 Å². The standard InChI is InChI=1S/C15H18FN3OS/c1-10(17)6-7-14(20)19-15-18-9-12(21-15)8-11-4-2-3-5-13(11)16/h2-5,9-10H,6-8,17H2,1H3,(H,18,19,20). The number of hydrogen-bond acceptors (Lipinski definition) is 4. The molecule has 0 aliphatic rings. The lowest BCUT2D eigenvalue weighted by Crippen LogP contribution is -2.19. The molecule has 1 unspecified atom stereocenters. The highest BCUT2D eigenvalue weighted by Crippen LogP contribution is 2.22. The highest BCUT2D eigenvalue weighted by molar-refractivity contribution is 7.15. The molecule has 0 bridgehead atoms. The summed E-state index contributed by atoms with van der Waals surface area (Å²) < 4.78 is 13.6. The van der Waals surface area contributed by atoms with Crippen molar-refractivity contribution in [1.29, 1.82) is 0 Å². The van der Waals surface area contributed by atoms with E-state index in [-0.39, 0.29) is 17.8 Å².